The van der Waals surface area contributed by atoms with E-state index in [0.717, 1.165) is 37.9 Å². The standard InChI is InChI=1S/C23H27NO2/c1-16(26-20-14-13-17-7-2-3-9-19(17)15-20)23(25)24-22-12-6-10-18-8-4-5-11-21(18)22/h4-5,8,11,13-16,22H,2-3,6-7,9-10,12H2,1H3,(H,24,25)/t16-,22+/m1/s1. The molecule has 0 saturated heterocycles. The van der Waals surface area contributed by atoms with Crippen molar-refractivity contribution >= 4 is 5.91 Å². The Morgan fingerprint density at radius 2 is 1.77 bits per heavy atom. The Bertz CT molecular complexity index is 799. The van der Waals surface area contributed by atoms with Gasteiger partial charge in [0.15, 0.2) is 6.10 Å². The van der Waals surface area contributed by atoms with E-state index >= 15 is 0 Å². The van der Waals surface area contributed by atoms with Gasteiger partial charge in [-0.1, -0.05) is 30.3 Å². The van der Waals surface area contributed by atoms with Crippen LogP contribution >= 0.6 is 0 Å². The summed E-state index contributed by atoms with van der Waals surface area (Å²) in [5.74, 6) is 0.766. The quantitative estimate of drug-likeness (QED) is 0.881. The van der Waals surface area contributed by atoms with Crippen LogP contribution in [-0.4, -0.2) is 12.0 Å². The molecule has 136 valence electrons. The van der Waals surface area contributed by atoms with Crippen LogP contribution in [0.3, 0.4) is 0 Å². The summed E-state index contributed by atoms with van der Waals surface area (Å²) in [7, 11) is 0. The lowest BCUT2D eigenvalue weighted by Crippen LogP contribution is -2.39. The Morgan fingerprint density at radius 1 is 1.00 bits per heavy atom. The number of nitrogens with one attached hydrogen (secondary N) is 1. The fraction of sp³-hybridized carbons (Fsp3) is 0.435. The van der Waals surface area contributed by atoms with Gasteiger partial charge in [-0.25, -0.2) is 0 Å². The molecule has 0 aliphatic heterocycles. The average Bonchev–Trinajstić information content (AvgIpc) is 2.68. The van der Waals surface area contributed by atoms with Crippen molar-refractivity contribution < 1.29 is 9.53 Å². The first kappa shape index (κ1) is 17.1. The van der Waals surface area contributed by atoms with E-state index in [4.69, 9.17) is 4.74 Å². The van der Waals surface area contributed by atoms with Crippen molar-refractivity contribution in [3.63, 3.8) is 0 Å². The summed E-state index contributed by atoms with van der Waals surface area (Å²) in [6.07, 6.45) is 7.51. The number of fused-ring (bicyclic) bond motifs is 2. The molecule has 1 N–H and O–H groups in total. The molecule has 1 amide bonds. The lowest BCUT2D eigenvalue weighted by Gasteiger charge is -2.27. The first-order chi connectivity index (χ1) is 12.7. The van der Waals surface area contributed by atoms with E-state index < -0.39 is 6.10 Å². The number of aryl methyl sites for hydroxylation is 3. The summed E-state index contributed by atoms with van der Waals surface area (Å²) in [6.45, 7) is 1.84. The van der Waals surface area contributed by atoms with Gasteiger partial charge in [0.25, 0.3) is 5.91 Å². The van der Waals surface area contributed by atoms with Crippen LogP contribution in [-0.2, 0) is 24.1 Å². The molecule has 0 saturated carbocycles. The smallest absolute Gasteiger partial charge is 0.261 e. The van der Waals surface area contributed by atoms with E-state index in [1.54, 1.807) is 0 Å². The number of ether oxygens (including phenoxy) is 1. The number of amides is 1. The molecule has 0 bridgehead atoms. The number of carbonyl (C=O) groups excluding carboxylic acids is 1. The van der Waals surface area contributed by atoms with Crippen molar-refractivity contribution in [1.29, 1.82) is 0 Å². The SMILES string of the molecule is C[C@@H](Oc1ccc2c(c1)CCCC2)C(=O)N[C@H]1CCCc2ccccc21. The third-order valence-electron chi connectivity index (χ3n) is 5.69. The third kappa shape index (κ3) is 3.62. The summed E-state index contributed by atoms with van der Waals surface area (Å²) < 4.78 is 5.96. The fourth-order valence-electron chi connectivity index (χ4n) is 4.23. The van der Waals surface area contributed by atoms with Gasteiger partial charge in [0, 0.05) is 0 Å². The Hall–Kier alpha value is -2.29. The number of benzene rings is 2. The van der Waals surface area contributed by atoms with E-state index in [9.17, 15) is 4.79 Å². The van der Waals surface area contributed by atoms with Gasteiger partial charge in [0.1, 0.15) is 5.75 Å². The number of hydrogen-bond acceptors (Lipinski definition) is 2. The van der Waals surface area contributed by atoms with Crippen molar-refractivity contribution in [2.24, 2.45) is 0 Å². The van der Waals surface area contributed by atoms with Gasteiger partial charge < -0.3 is 10.1 Å². The Balaban J connectivity index is 1.41. The lowest BCUT2D eigenvalue weighted by atomic mass is 9.87. The predicted molar refractivity (Wildman–Crippen MR) is 103 cm³/mol. The molecule has 3 heteroatoms. The van der Waals surface area contributed by atoms with Crippen LogP contribution in [0.5, 0.6) is 5.75 Å². The molecule has 3 nitrogen and oxygen atoms in total. The topological polar surface area (TPSA) is 38.3 Å². The van der Waals surface area contributed by atoms with Gasteiger partial charge in [-0.15, -0.1) is 0 Å². The zero-order valence-corrected chi connectivity index (χ0v) is 15.5. The van der Waals surface area contributed by atoms with Gasteiger partial charge in [-0.05, 0) is 86.3 Å². The number of rotatable bonds is 4. The molecule has 4 rings (SSSR count). The molecule has 2 aliphatic rings. The average molecular weight is 349 g/mol. The van der Waals surface area contributed by atoms with E-state index in [0.29, 0.717) is 0 Å². The summed E-state index contributed by atoms with van der Waals surface area (Å²) in [5, 5.41) is 3.19. The largest absolute Gasteiger partial charge is 0.481 e. The van der Waals surface area contributed by atoms with Gasteiger partial charge in [-0.2, -0.15) is 0 Å². The second-order valence-corrected chi connectivity index (χ2v) is 7.55. The lowest BCUT2D eigenvalue weighted by molar-refractivity contribution is -0.128. The van der Waals surface area contributed by atoms with Crippen LogP contribution in [0.1, 0.15) is 60.9 Å². The highest BCUT2D eigenvalue weighted by Gasteiger charge is 2.24. The van der Waals surface area contributed by atoms with Crippen molar-refractivity contribution in [1.82, 2.24) is 5.32 Å². The summed E-state index contributed by atoms with van der Waals surface area (Å²) in [6, 6.07) is 14.8. The van der Waals surface area contributed by atoms with Crippen molar-refractivity contribution in [2.75, 3.05) is 0 Å². The van der Waals surface area contributed by atoms with Crippen LogP contribution in [0.4, 0.5) is 0 Å². The summed E-state index contributed by atoms with van der Waals surface area (Å²) >= 11 is 0. The van der Waals surface area contributed by atoms with Gasteiger partial charge in [0.05, 0.1) is 6.04 Å². The van der Waals surface area contributed by atoms with E-state index in [2.05, 4.69) is 41.7 Å². The summed E-state index contributed by atoms with van der Waals surface area (Å²) in [4.78, 5) is 12.7. The molecule has 0 spiro atoms. The second kappa shape index (κ2) is 7.53. The Kier molecular flexibility index (Phi) is 4.96. The molecule has 0 heterocycles. The molecular formula is C23H27NO2. The minimum absolute atomic E-state index is 0.0376. The minimum atomic E-state index is -0.495. The molecule has 0 aromatic heterocycles. The normalized spacial score (nSPS) is 19.8. The highest BCUT2D eigenvalue weighted by Crippen LogP contribution is 2.30. The first-order valence-corrected chi connectivity index (χ1v) is 9.87. The van der Waals surface area contributed by atoms with Gasteiger partial charge >= 0.3 is 0 Å². The molecule has 2 atom stereocenters. The maximum atomic E-state index is 12.7. The van der Waals surface area contributed by atoms with Crippen LogP contribution in [0.15, 0.2) is 42.5 Å². The summed E-state index contributed by atoms with van der Waals surface area (Å²) in [5.41, 5.74) is 5.42. The maximum Gasteiger partial charge on any atom is 0.261 e. The zero-order valence-electron chi connectivity index (χ0n) is 15.5. The number of hydrogen-bond donors (Lipinski definition) is 1. The van der Waals surface area contributed by atoms with Crippen molar-refractivity contribution in [2.45, 2.75) is 64.0 Å². The molecule has 0 fully saturated rings. The monoisotopic (exact) mass is 349 g/mol. The number of carbonyl (C=O) groups is 1. The van der Waals surface area contributed by atoms with Crippen LogP contribution in [0.2, 0.25) is 0 Å². The Morgan fingerprint density at radius 3 is 2.65 bits per heavy atom. The van der Waals surface area contributed by atoms with E-state index in [1.807, 2.05) is 13.0 Å². The van der Waals surface area contributed by atoms with Crippen LogP contribution in [0.25, 0.3) is 0 Å². The fourth-order valence-corrected chi connectivity index (χ4v) is 4.23. The molecular weight excluding hydrogens is 322 g/mol. The highest BCUT2D eigenvalue weighted by atomic mass is 16.5. The van der Waals surface area contributed by atoms with Crippen molar-refractivity contribution in [3.8, 4) is 5.75 Å². The molecule has 26 heavy (non-hydrogen) atoms. The molecule has 2 aliphatic carbocycles. The van der Waals surface area contributed by atoms with E-state index in [1.165, 1.54) is 35.1 Å². The minimum Gasteiger partial charge on any atom is -0.481 e. The zero-order chi connectivity index (χ0) is 17.9. The maximum absolute atomic E-state index is 12.7. The molecule has 0 unspecified atom stereocenters. The van der Waals surface area contributed by atoms with Crippen molar-refractivity contribution in [3.05, 3.63) is 64.7 Å². The molecule has 0 radical (unpaired) electrons. The molecule has 2 aromatic rings. The third-order valence-corrected chi connectivity index (χ3v) is 5.69. The highest BCUT2D eigenvalue weighted by molar-refractivity contribution is 5.81. The van der Waals surface area contributed by atoms with E-state index in [-0.39, 0.29) is 11.9 Å². The predicted octanol–water partition coefficient (Wildman–Crippen LogP) is 4.53. The van der Waals surface area contributed by atoms with Gasteiger partial charge in [-0.3, -0.25) is 4.79 Å². The van der Waals surface area contributed by atoms with Gasteiger partial charge in [0.2, 0.25) is 0 Å². The molecule has 2 aromatic carbocycles. The van der Waals surface area contributed by atoms with Crippen LogP contribution < -0.4 is 10.1 Å². The first-order valence-electron chi connectivity index (χ1n) is 9.87. The van der Waals surface area contributed by atoms with Crippen LogP contribution in [0, 0.1) is 0 Å². The Labute approximate surface area is 155 Å². The second-order valence-electron chi connectivity index (χ2n) is 7.55.